The first-order valence-electron chi connectivity index (χ1n) is 8.22. The van der Waals surface area contributed by atoms with E-state index in [-0.39, 0.29) is 12.5 Å². The molecule has 1 amide bonds. The summed E-state index contributed by atoms with van der Waals surface area (Å²) in [6.07, 6.45) is 1.55. The van der Waals surface area contributed by atoms with Crippen molar-refractivity contribution in [2.24, 2.45) is 5.10 Å². The fraction of sp³-hybridized carbons (Fsp3) is 0.471. The average molecular weight is 472 g/mol. The van der Waals surface area contributed by atoms with E-state index in [4.69, 9.17) is 19.5 Å². The molecule has 0 aliphatic carbocycles. The summed E-state index contributed by atoms with van der Waals surface area (Å²) in [6, 6.07) is 5.54. The van der Waals surface area contributed by atoms with Crippen LogP contribution >= 0.6 is 22.6 Å². The van der Waals surface area contributed by atoms with E-state index < -0.39 is 0 Å². The minimum atomic E-state index is -0.170. The van der Waals surface area contributed by atoms with Gasteiger partial charge in [-0.05, 0) is 47.2 Å². The van der Waals surface area contributed by atoms with Gasteiger partial charge >= 0.3 is 0 Å². The Morgan fingerprint density at radius 1 is 1.46 bits per heavy atom. The van der Waals surface area contributed by atoms with Crippen LogP contribution in [0.2, 0.25) is 0 Å². The van der Waals surface area contributed by atoms with Crippen molar-refractivity contribution < 1.29 is 19.0 Å². The Morgan fingerprint density at radius 2 is 2.23 bits per heavy atom. The molecule has 26 heavy (non-hydrogen) atoms. The van der Waals surface area contributed by atoms with E-state index in [0.717, 1.165) is 22.2 Å². The zero-order valence-corrected chi connectivity index (χ0v) is 16.7. The van der Waals surface area contributed by atoms with Crippen molar-refractivity contribution >= 4 is 34.7 Å². The van der Waals surface area contributed by atoms with Gasteiger partial charge in [0.2, 0.25) is 0 Å². The number of hydrazone groups is 1. The minimum absolute atomic E-state index is 0.0545. The summed E-state index contributed by atoms with van der Waals surface area (Å²) in [7, 11) is 0. The lowest BCUT2D eigenvalue weighted by Crippen LogP contribution is -2.42. The molecule has 140 valence electrons. The van der Waals surface area contributed by atoms with E-state index in [1.165, 1.54) is 0 Å². The number of halogens is 1. The third kappa shape index (κ3) is 6.44. The fourth-order valence-corrected chi connectivity index (χ4v) is 3.13. The normalized spacial score (nSPS) is 14.8. The van der Waals surface area contributed by atoms with Crippen molar-refractivity contribution in [3.63, 3.8) is 0 Å². The summed E-state index contributed by atoms with van der Waals surface area (Å²) in [6.45, 7) is 5.37. The van der Waals surface area contributed by atoms with Gasteiger partial charge in [-0.2, -0.15) is 10.4 Å². The maximum Gasteiger partial charge on any atom is 0.254 e. The number of rotatable bonds is 8. The third-order valence-corrected chi connectivity index (χ3v) is 4.29. The molecule has 0 bridgehead atoms. The third-order valence-electron chi connectivity index (χ3n) is 3.49. The van der Waals surface area contributed by atoms with Crippen molar-refractivity contribution in [2.45, 2.75) is 6.92 Å². The highest BCUT2D eigenvalue weighted by Gasteiger charge is 2.14. The molecular weight excluding hydrogens is 451 g/mol. The predicted molar refractivity (Wildman–Crippen MR) is 104 cm³/mol. The van der Waals surface area contributed by atoms with Crippen LogP contribution in [0.5, 0.6) is 11.5 Å². The number of nitrogens with zero attached hydrogens (tertiary/aromatic N) is 3. The molecule has 1 aliphatic rings. The molecule has 1 fully saturated rings. The molecule has 0 saturated carbocycles. The van der Waals surface area contributed by atoms with Crippen LogP contribution in [0.4, 0.5) is 0 Å². The van der Waals surface area contributed by atoms with Crippen LogP contribution in [-0.4, -0.2) is 63.1 Å². The lowest BCUT2D eigenvalue weighted by atomic mass is 10.2. The fourth-order valence-electron chi connectivity index (χ4n) is 2.35. The summed E-state index contributed by atoms with van der Waals surface area (Å²) in [5.41, 5.74) is 3.29. The lowest BCUT2D eigenvalue weighted by molar-refractivity contribution is -0.123. The summed E-state index contributed by atoms with van der Waals surface area (Å²) in [5, 5.41) is 12.7. The van der Waals surface area contributed by atoms with Gasteiger partial charge in [-0.3, -0.25) is 9.69 Å². The number of hydrogen-bond acceptors (Lipinski definition) is 7. The maximum atomic E-state index is 11.9. The van der Waals surface area contributed by atoms with Gasteiger partial charge in [-0.25, -0.2) is 5.43 Å². The largest absolute Gasteiger partial charge is 0.490 e. The molecule has 0 unspecified atom stereocenters. The number of carbonyl (C=O) groups excluding carboxylic acids is 1. The smallest absolute Gasteiger partial charge is 0.254 e. The molecule has 2 rings (SSSR count). The first-order valence-corrected chi connectivity index (χ1v) is 9.30. The van der Waals surface area contributed by atoms with E-state index in [9.17, 15) is 4.79 Å². The molecule has 8 nitrogen and oxygen atoms in total. The quantitative estimate of drug-likeness (QED) is 0.349. The Balaban J connectivity index is 1.97. The number of ether oxygens (including phenoxy) is 3. The second-order valence-electron chi connectivity index (χ2n) is 5.39. The molecule has 0 atom stereocenters. The highest BCUT2D eigenvalue weighted by atomic mass is 127. The Labute approximate surface area is 166 Å². The molecule has 0 radical (unpaired) electrons. The van der Waals surface area contributed by atoms with Crippen molar-refractivity contribution in [3.05, 3.63) is 21.3 Å². The molecule has 1 aliphatic heterocycles. The average Bonchev–Trinajstić information content (AvgIpc) is 2.62. The van der Waals surface area contributed by atoms with E-state index in [1.807, 2.05) is 24.0 Å². The van der Waals surface area contributed by atoms with Crippen LogP contribution in [0.25, 0.3) is 0 Å². The molecule has 1 N–H and O–H groups in total. The van der Waals surface area contributed by atoms with Crippen LogP contribution in [-0.2, 0) is 9.53 Å². The zero-order chi connectivity index (χ0) is 18.8. The van der Waals surface area contributed by atoms with Crippen molar-refractivity contribution in [2.75, 3.05) is 46.1 Å². The summed E-state index contributed by atoms with van der Waals surface area (Å²) in [5.74, 6) is 0.898. The Morgan fingerprint density at radius 3 is 2.92 bits per heavy atom. The first-order chi connectivity index (χ1) is 12.6. The van der Waals surface area contributed by atoms with Gasteiger partial charge < -0.3 is 14.2 Å². The molecule has 0 aromatic heterocycles. The SMILES string of the molecule is CCOc1cc(/C=N/NC(=O)CN2CCOCC2)cc(I)c1OCC#N. The Hall–Kier alpha value is -1.90. The lowest BCUT2D eigenvalue weighted by Gasteiger charge is -2.25. The van der Waals surface area contributed by atoms with Crippen LogP contribution in [0.1, 0.15) is 12.5 Å². The highest BCUT2D eigenvalue weighted by Crippen LogP contribution is 2.33. The van der Waals surface area contributed by atoms with Crippen LogP contribution in [0.3, 0.4) is 0 Å². The second kappa shape index (κ2) is 10.9. The molecular formula is C17H21IN4O4. The number of benzene rings is 1. The standard InChI is InChI=1S/C17H21IN4O4/c1-2-25-15-10-13(9-14(18)17(15)26-6-3-19)11-20-21-16(23)12-22-4-7-24-8-5-22/h9-11H,2,4-8,12H2,1H3,(H,21,23)/b20-11+. The number of nitrogens with one attached hydrogen (secondary N) is 1. The van der Waals surface area contributed by atoms with Crippen LogP contribution in [0.15, 0.2) is 17.2 Å². The van der Waals surface area contributed by atoms with E-state index in [1.54, 1.807) is 12.3 Å². The Bertz CT molecular complexity index is 684. The van der Waals surface area contributed by atoms with Crippen LogP contribution in [0, 0.1) is 14.9 Å². The minimum Gasteiger partial charge on any atom is -0.490 e. The predicted octanol–water partition coefficient (Wildman–Crippen LogP) is 1.37. The first kappa shape index (κ1) is 20.4. The van der Waals surface area contributed by atoms with Gasteiger partial charge in [0.1, 0.15) is 6.07 Å². The number of nitriles is 1. The molecule has 0 spiro atoms. The molecule has 9 heteroatoms. The number of amides is 1. The molecule has 1 aromatic rings. The van der Waals surface area contributed by atoms with Crippen molar-refractivity contribution in [3.8, 4) is 17.6 Å². The molecule has 1 aromatic carbocycles. The van der Waals surface area contributed by atoms with Crippen molar-refractivity contribution in [1.82, 2.24) is 10.3 Å². The van der Waals surface area contributed by atoms with Gasteiger partial charge in [0.25, 0.3) is 5.91 Å². The van der Waals surface area contributed by atoms with E-state index in [2.05, 4.69) is 33.1 Å². The summed E-state index contributed by atoms with van der Waals surface area (Å²) >= 11 is 2.11. The second-order valence-corrected chi connectivity index (χ2v) is 6.55. The number of carbonyl (C=O) groups is 1. The number of morpholine rings is 1. The van der Waals surface area contributed by atoms with Crippen LogP contribution < -0.4 is 14.9 Å². The van der Waals surface area contributed by atoms with Gasteiger partial charge in [0, 0.05) is 13.1 Å². The van der Waals surface area contributed by atoms with Crippen molar-refractivity contribution in [1.29, 1.82) is 5.26 Å². The summed E-state index contributed by atoms with van der Waals surface area (Å²) in [4.78, 5) is 13.9. The Kier molecular flexibility index (Phi) is 8.60. The van der Waals surface area contributed by atoms with E-state index >= 15 is 0 Å². The maximum absolute atomic E-state index is 11.9. The van der Waals surface area contributed by atoms with Gasteiger partial charge in [-0.1, -0.05) is 0 Å². The van der Waals surface area contributed by atoms with Gasteiger partial charge in [-0.15, -0.1) is 0 Å². The zero-order valence-electron chi connectivity index (χ0n) is 14.5. The highest BCUT2D eigenvalue weighted by molar-refractivity contribution is 14.1. The van der Waals surface area contributed by atoms with E-state index in [0.29, 0.717) is 37.9 Å². The van der Waals surface area contributed by atoms with Gasteiger partial charge in [0.05, 0.1) is 36.2 Å². The summed E-state index contributed by atoms with van der Waals surface area (Å²) < 4.78 is 17.1. The monoisotopic (exact) mass is 472 g/mol. The molecule has 1 saturated heterocycles. The topological polar surface area (TPSA) is 96.2 Å². The number of hydrogen-bond donors (Lipinski definition) is 1. The van der Waals surface area contributed by atoms with Gasteiger partial charge in [0.15, 0.2) is 18.1 Å². The molecule has 1 heterocycles.